The van der Waals surface area contributed by atoms with E-state index in [0.29, 0.717) is 5.92 Å². The quantitative estimate of drug-likeness (QED) is 0.315. The van der Waals surface area contributed by atoms with Crippen molar-refractivity contribution < 1.29 is 4.74 Å². The number of benzene rings is 2. The summed E-state index contributed by atoms with van der Waals surface area (Å²) in [6, 6.07) is 18.8. The minimum absolute atomic E-state index is 0. The highest BCUT2D eigenvalue weighted by Gasteiger charge is 2.26. The molecule has 0 bridgehead atoms. The SMILES string of the molecule is CN=C(NCc1ccc(-n2cccn2)cc1)N1CCC(c2ccc(OC)cc2)C1.I. The van der Waals surface area contributed by atoms with Crippen LogP contribution in [-0.2, 0) is 6.54 Å². The molecule has 1 fully saturated rings. The van der Waals surface area contributed by atoms with Gasteiger partial charge < -0.3 is 15.0 Å². The largest absolute Gasteiger partial charge is 0.497 e. The van der Waals surface area contributed by atoms with Crippen molar-refractivity contribution in [1.82, 2.24) is 20.0 Å². The molecule has 7 heteroatoms. The number of aromatic nitrogens is 2. The first kappa shape index (κ1) is 22.1. The first-order valence-electron chi connectivity index (χ1n) is 9.95. The lowest BCUT2D eigenvalue weighted by atomic mass is 9.98. The number of rotatable bonds is 5. The van der Waals surface area contributed by atoms with Crippen LogP contribution in [-0.4, -0.2) is 47.9 Å². The molecule has 1 N–H and O–H groups in total. The Morgan fingerprint density at radius 3 is 2.57 bits per heavy atom. The van der Waals surface area contributed by atoms with Gasteiger partial charge in [-0.2, -0.15) is 5.10 Å². The summed E-state index contributed by atoms with van der Waals surface area (Å²) in [6.45, 7) is 2.73. The molecule has 2 aromatic carbocycles. The number of guanidine groups is 1. The Morgan fingerprint density at radius 2 is 1.93 bits per heavy atom. The molecule has 1 aromatic heterocycles. The molecule has 0 saturated carbocycles. The van der Waals surface area contributed by atoms with Crippen LogP contribution in [0.4, 0.5) is 0 Å². The Bertz CT molecular complexity index is 939. The predicted octanol–water partition coefficient (Wildman–Crippen LogP) is 4.06. The van der Waals surface area contributed by atoms with E-state index in [1.54, 1.807) is 13.3 Å². The van der Waals surface area contributed by atoms with Gasteiger partial charge in [-0.3, -0.25) is 4.99 Å². The van der Waals surface area contributed by atoms with E-state index in [-0.39, 0.29) is 24.0 Å². The summed E-state index contributed by atoms with van der Waals surface area (Å²) in [5, 5.41) is 7.77. The Labute approximate surface area is 195 Å². The van der Waals surface area contributed by atoms with Crippen molar-refractivity contribution in [3.05, 3.63) is 78.1 Å². The van der Waals surface area contributed by atoms with Gasteiger partial charge in [0.2, 0.25) is 0 Å². The Hall–Kier alpha value is -2.55. The van der Waals surface area contributed by atoms with Gasteiger partial charge in [0.15, 0.2) is 5.96 Å². The van der Waals surface area contributed by atoms with Gasteiger partial charge in [-0.1, -0.05) is 24.3 Å². The van der Waals surface area contributed by atoms with Crippen molar-refractivity contribution in [3.63, 3.8) is 0 Å². The van der Waals surface area contributed by atoms with Crippen LogP contribution in [0.1, 0.15) is 23.5 Å². The van der Waals surface area contributed by atoms with Crippen LogP contribution in [0.3, 0.4) is 0 Å². The van der Waals surface area contributed by atoms with E-state index < -0.39 is 0 Å². The van der Waals surface area contributed by atoms with Gasteiger partial charge in [-0.25, -0.2) is 4.68 Å². The molecule has 1 unspecified atom stereocenters. The molecule has 1 atom stereocenters. The molecule has 1 aliphatic rings. The molecule has 0 amide bonds. The average molecular weight is 517 g/mol. The van der Waals surface area contributed by atoms with Gasteiger partial charge in [0.25, 0.3) is 0 Å². The second-order valence-electron chi connectivity index (χ2n) is 7.22. The highest BCUT2D eigenvalue weighted by molar-refractivity contribution is 14.0. The molecule has 0 aliphatic carbocycles. The summed E-state index contributed by atoms with van der Waals surface area (Å²) < 4.78 is 7.13. The summed E-state index contributed by atoms with van der Waals surface area (Å²) in [6.07, 6.45) is 4.86. The Morgan fingerprint density at radius 1 is 1.17 bits per heavy atom. The molecule has 0 radical (unpaired) electrons. The van der Waals surface area contributed by atoms with E-state index in [1.165, 1.54) is 11.1 Å². The first-order valence-corrected chi connectivity index (χ1v) is 9.95. The second kappa shape index (κ2) is 10.5. The van der Waals surface area contributed by atoms with E-state index in [4.69, 9.17) is 4.74 Å². The number of nitrogens with one attached hydrogen (secondary N) is 1. The standard InChI is InChI=1S/C23H27N5O.HI/c1-24-23(25-16-18-4-8-21(9-5-18)28-14-3-13-26-28)27-15-12-20(17-27)19-6-10-22(29-2)11-7-19;/h3-11,13-14,20H,12,15-17H2,1-2H3,(H,24,25);1H. The van der Waals surface area contributed by atoms with E-state index in [9.17, 15) is 0 Å². The summed E-state index contributed by atoms with van der Waals surface area (Å²) in [5.41, 5.74) is 3.64. The lowest BCUT2D eigenvalue weighted by molar-refractivity contribution is 0.414. The third-order valence-electron chi connectivity index (χ3n) is 5.44. The Balaban J connectivity index is 0.00000256. The molecular formula is C23H28IN5O. The fourth-order valence-corrected chi connectivity index (χ4v) is 3.80. The molecule has 4 rings (SSSR count). The van der Waals surface area contributed by atoms with Crippen molar-refractivity contribution in [1.29, 1.82) is 0 Å². The zero-order chi connectivity index (χ0) is 20.1. The van der Waals surface area contributed by atoms with E-state index in [0.717, 1.165) is 43.5 Å². The topological polar surface area (TPSA) is 54.7 Å². The van der Waals surface area contributed by atoms with Crippen molar-refractivity contribution in [3.8, 4) is 11.4 Å². The fourth-order valence-electron chi connectivity index (χ4n) is 3.80. The smallest absolute Gasteiger partial charge is 0.193 e. The summed E-state index contributed by atoms with van der Waals surface area (Å²) in [4.78, 5) is 6.84. The molecule has 2 heterocycles. The molecule has 3 aromatic rings. The number of hydrogen-bond donors (Lipinski definition) is 1. The van der Waals surface area contributed by atoms with Crippen LogP contribution in [0.25, 0.3) is 5.69 Å². The average Bonchev–Trinajstić information content (AvgIpc) is 3.48. The van der Waals surface area contributed by atoms with Gasteiger partial charge >= 0.3 is 0 Å². The van der Waals surface area contributed by atoms with Crippen molar-refractivity contribution in [2.24, 2.45) is 4.99 Å². The zero-order valence-electron chi connectivity index (χ0n) is 17.4. The van der Waals surface area contributed by atoms with Crippen LogP contribution in [0.5, 0.6) is 5.75 Å². The highest BCUT2D eigenvalue weighted by atomic mass is 127. The lowest BCUT2D eigenvalue weighted by Crippen LogP contribution is -2.39. The second-order valence-corrected chi connectivity index (χ2v) is 7.22. The minimum atomic E-state index is 0. The van der Waals surface area contributed by atoms with E-state index >= 15 is 0 Å². The van der Waals surface area contributed by atoms with Crippen molar-refractivity contribution >= 4 is 29.9 Å². The third-order valence-corrected chi connectivity index (χ3v) is 5.44. The first-order chi connectivity index (χ1) is 14.3. The molecule has 0 spiro atoms. The molecule has 1 aliphatic heterocycles. The maximum Gasteiger partial charge on any atom is 0.193 e. The van der Waals surface area contributed by atoms with Crippen LogP contribution >= 0.6 is 24.0 Å². The maximum atomic E-state index is 5.27. The van der Waals surface area contributed by atoms with Crippen LogP contribution in [0.15, 0.2) is 72.0 Å². The minimum Gasteiger partial charge on any atom is -0.497 e. The van der Waals surface area contributed by atoms with Crippen molar-refractivity contribution in [2.45, 2.75) is 18.9 Å². The zero-order valence-corrected chi connectivity index (χ0v) is 19.7. The number of methoxy groups -OCH3 is 1. The van der Waals surface area contributed by atoms with Crippen LogP contribution in [0.2, 0.25) is 0 Å². The molecular weight excluding hydrogens is 489 g/mol. The predicted molar refractivity (Wildman–Crippen MR) is 131 cm³/mol. The number of likely N-dealkylation sites (tertiary alicyclic amines) is 1. The number of hydrogen-bond acceptors (Lipinski definition) is 3. The van der Waals surface area contributed by atoms with Gasteiger partial charge in [0, 0.05) is 45.0 Å². The third kappa shape index (κ3) is 5.13. The van der Waals surface area contributed by atoms with E-state index in [2.05, 4.69) is 56.7 Å². The number of nitrogens with zero attached hydrogens (tertiary/aromatic N) is 4. The summed E-state index contributed by atoms with van der Waals surface area (Å²) >= 11 is 0. The Kier molecular flexibility index (Phi) is 7.73. The van der Waals surface area contributed by atoms with E-state index in [1.807, 2.05) is 36.1 Å². The molecule has 1 saturated heterocycles. The monoisotopic (exact) mass is 517 g/mol. The van der Waals surface area contributed by atoms with Gasteiger partial charge in [-0.05, 0) is 47.9 Å². The number of halogens is 1. The molecule has 30 heavy (non-hydrogen) atoms. The molecule has 158 valence electrons. The lowest BCUT2D eigenvalue weighted by Gasteiger charge is -2.22. The van der Waals surface area contributed by atoms with Gasteiger partial charge in [-0.15, -0.1) is 24.0 Å². The maximum absolute atomic E-state index is 5.27. The molecule has 6 nitrogen and oxygen atoms in total. The summed E-state index contributed by atoms with van der Waals surface area (Å²) in [5.74, 6) is 2.38. The van der Waals surface area contributed by atoms with Gasteiger partial charge in [0.1, 0.15) is 5.75 Å². The fraction of sp³-hybridized carbons (Fsp3) is 0.304. The highest BCUT2D eigenvalue weighted by Crippen LogP contribution is 2.28. The normalized spacial score (nSPS) is 16.3. The van der Waals surface area contributed by atoms with Crippen molar-refractivity contribution in [2.75, 3.05) is 27.2 Å². The van der Waals surface area contributed by atoms with Crippen LogP contribution in [0, 0.1) is 0 Å². The number of aliphatic imine (C=N–C) groups is 1. The summed E-state index contributed by atoms with van der Waals surface area (Å²) in [7, 11) is 3.55. The number of ether oxygens (including phenoxy) is 1. The van der Waals surface area contributed by atoms with Crippen LogP contribution < -0.4 is 10.1 Å². The van der Waals surface area contributed by atoms with Gasteiger partial charge in [0.05, 0.1) is 12.8 Å².